The molecule has 2 rings (SSSR count). The fourth-order valence-electron chi connectivity index (χ4n) is 4.54. The summed E-state index contributed by atoms with van der Waals surface area (Å²) in [5.41, 5.74) is -0.00570. The van der Waals surface area contributed by atoms with Crippen molar-refractivity contribution in [1.29, 1.82) is 0 Å². The molecule has 1 aliphatic carbocycles. The van der Waals surface area contributed by atoms with Crippen molar-refractivity contribution in [2.24, 2.45) is 11.3 Å². The Morgan fingerprint density at radius 1 is 1.10 bits per heavy atom. The van der Waals surface area contributed by atoms with Crippen LogP contribution >= 0.6 is 0 Å². The molecular formula is C22H39N3O4. The molecule has 2 aliphatic rings. The second-order valence-corrected chi connectivity index (χ2v) is 9.67. The van der Waals surface area contributed by atoms with Crippen molar-refractivity contribution in [2.45, 2.75) is 77.7 Å². The Bertz CT molecular complexity index is 541. The molecule has 0 radical (unpaired) electrons. The lowest BCUT2D eigenvalue weighted by Gasteiger charge is -2.45. The van der Waals surface area contributed by atoms with E-state index in [4.69, 9.17) is 4.74 Å². The van der Waals surface area contributed by atoms with Crippen LogP contribution in [0.5, 0.6) is 0 Å². The highest BCUT2D eigenvalue weighted by Gasteiger charge is 2.39. The lowest BCUT2D eigenvalue weighted by Crippen LogP contribution is -2.44. The highest BCUT2D eigenvalue weighted by atomic mass is 16.6. The number of likely N-dealkylation sites (tertiary alicyclic amines) is 1. The van der Waals surface area contributed by atoms with E-state index in [9.17, 15) is 14.4 Å². The van der Waals surface area contributed by atoms with Gasteiger partial charge in [-0.15, -0.1) is 0 Å². The molecule has 0 aromatic carbocycles. The molecule has 29 heavy (non-hydrogen) atoms. The Morgan fingerprint density at radius 3 is 2.34 bits per heavy atom. The highest BCUT2D eigenvalue weighted by molar-refractivity contribution is 5.78. The van der Waals surface area contributed by atoms with Crippen molar-refractivity contribution < 1.29 is 19.1 Å². The van der Waals surface area contributed by atoms with E-state index >= 15 is 0 Å². The van der Waals surface area contributed by atoms with Gasteiger partial charge in [0.25, 0.3) is 0 Å². The Hall–Kier alpha value is -1.63. The van der Waals surface area contributed by atoms with E-state index in [1.165, 1.54) is 12.8 Å². The molecule has 166 valence electrons. The normalized spacial score (nSPS) is 20.2. The molecular weight excluding hydrogens is 370 g/mol. The number of nitrogens with zero attached hydrogens (tertiary/aromatic N) is 1. The summed E-state index contributed by atoms with van der Waals surface area (Å²) in [6.45, 7) is 9.81. The third kappa shape index (κ3) is 8.33. The largest absolute Gasteiger partial charge is 0.460 e. The van der Waals surface area contributed by atoms with Gasteiger partial charge in [0.15, 0.2) is 0 Å². The minimum Gasteiger partial charge on any atom is -0.460 e. The Balaban J connectivity index is 1.62. The number of ether oxygens (including phenoxy) is 1. The van der Waals surface area contributed by atoms with E-state index < -0.39 is 5.60 Å². The van der Waals surface area contributed by atoms with Crippen LogP contribution < -0.4 is 10.6 Å². The van der Waals surface area contributed by atoms with Crippen molar-refractivity contribution in [3.8, 4) is 0 Å². The summed E-state index contributed by atoms with van der Waals surface area (Å²) in [6.07, 6.45) is 8.56. The van der Waals surface area contributed by atoms with Gasteiger partial charge in [-0.05, 0) is 90.8 Å². The SMILES string of the molecule is CC(C)(C)OC(=O)CCCN1CCC2(CCC(C(=O)NCCNC=O)CC2)CC1. The maximum Gasteiger partial charge on any atom is 0.306 e. The number of rotatable bonds is 9. The van der Waals surface area contributed by atoms with Crippen LogP contribution in [0.25, 0.3) is 0 Å². The second-order valence-electron chi connectivity index (χ2n) is 9.67. The first-order valence-corrected chi connectivity index (χ1v) is 11.1. The average Bonchev–Trinajstić information content (AvgIpc) is 2.66. The lowest BCUT2D eigenvalue weighted by atomic mass is 9.65. The van der Waals surface area contributed by atoms with Crippen molar-refractivity contribution in [1.82, 2.24) is 15.5 Å². The quantitative estimate of drug-likeness (QED) is 0.346. The van der Waals surface area contributed by atoms with Gasteiger partial charge >= 0.3 is 5.97 Å². The van der Waals surface area contributed by atoms with Gasteiger partial charge in [-0.25, -0.2) is 0 Å². The molecule has 2 N–H and O–H groups in total. The summed E-state index contributed by atoms with van der Waals surface area (Å²) < 4.78 is 5.37. The summed E-state index contributed by atoms with van der Waals surface area (Å²) in [7, 11) is 0. The highest BCUT2D eigenvalue weighted by Crippen LogP contribution is 2.46. The molecule has 2 amide bonds. The van der Waals surface area contributed by atoms with Crippen LogP contribution in [-0.2, 0) is 19.1 Å². The monoisotopic (exact) mass is 409 g/mol. The topological polar surface area (TPSA) is 87.7 Å². The van der Waals surface area contributed by atoms with E-state index in [0.29, 0.717) is 31.3 Å². The fourth-order valence-corrected chi connectivity index (χ4v) is 4.54. The summed E-state index contributed by atoms with van der Waals surface area (Å²) in [5.74, 6) is 0.139. The van der Waals surface area contributed by atoms with Crippen LogP contribution in [-0.4, -0.2) is 61.5 Å². The molecule has 1 aliphatic heterocycles. The van der Waals surface area contributed by atoms with E-state index in [0.717, 1.165) is 51.7 Å². The maximum atomic E-state index is 12.3. The zero-order valence-corrected chi connectivity index (χ0v) is 18.4. The van der Waals surface area contributed by atoms with Crippen LogP contribution in [0.2, 0.25) is 0 Å². The second kappa shape index (κ2) is 11.0. The lowest BCUT2D eigenvalue weighted by molar-refractivity contribution is -0.155. The number of hydrogen-bond donors (Lipinski definition) is 2. The van der Waals surface area contributed by atoms with Crippen LogP contribution in [0.1, 0.15) is 72.1 Å². The van der Waals surface area contributed by atoms with Crippen molar-refractivity contribution >= 4 is 18.3 Å². The number of carbonyl (C=O) groups excluding carboxylic acids is 3. The van der Waals surface area contributed by atoms with Gasteiger partial charge < -0.3 is 20.3 Å². The van der Waals surface area contributed by atoms with E-state index in [2.05, 4.69) is 15.5 Å². The molecule has 0 unspecified atom stereocenters. The third-order valence-corrected chi connectivity index (χ3v) is 6.26. The van der Waals surface area contributed by atoms with Crippen molar-refractivity contribution in [3.05, 3.63) is 0 Å². The van der Waals surface area contributed by atoms with Gasteiger partial charge in [-0.3, -0.25) is 14.4 Å². The molecule has 1 spiro atoms. The van der Waals surface area contributed by atoms with Gasteiger partial charge in [0.1, 0.15) is 5.60 Å². The summed E-state index contributed by atoms with van der Waals surface area (Å²) in [4.78, 5) is 36.8. The fraction of sp³-hybridized carbons (Fsp3) is 0.864. The van der Waals surface area contributed by atoms with Crippen LogP contribution in [0.3, 0.4) is 0 Å². The summed E-state index contributed by atoms with van der Waals surface area (Å²) >= 11 is 0. The van der Waals surface area contributed by atoms with E-state index in [1.807, 2.05) is 20.8 Å². The zero-order chi connectivity index (χ0) is 21.3. The predicted octanol–water partition coefficient (Wildman–Crippen LogP) is 2.24. The minimum atomic E-state index is -0.406. The molecule has 0 atom stereocenters. The van der Waals surface area contributed by atoms with E-state index in [1.54, 1.807) is 0 Å². The molecule has 2 fully saturated rings. The van der Waals surface area contributed by atoms with Gasteiger partial charge in [-0.2, -0.15) is 0 Å². The molecule has 0 aromatic rings. The summed E-state index contributed by atoms with van der Waals surface area (Å²) in [5, 5.41) is 5.49. The van der Waals surface area contributed by atoms with Crippen LogP contribution in [0.4, 0.5) is 0 Å². The number of nitrogens with one attached hydrogen (secondary N) is 2. The molecule has 7 nitrogen and oxygen atoms in total. The third-order valence-electron chi connectivity index (χ3n) is 6.26. The molecule has 0 bridgehead atoms. The molecule has 0 aromatic heterocycles. The molecule has 1 saturated carbocycles. The van der Waals surface area contributed by atoms with Gasteiger partial charge in [0, 0.05) is 25.4 Å². The standard InChI is InChI=1S/C22H39N3O4/c1-21(2,3)29-19(27)5-4-14-25-15-10-22(11-16-25)8-6-18(7-9-22)20(28)24-13-12-23-17-26/h17-18H,4-16H2,1-3H3,(H,23,26)(H,24,28). The number of hydrogen-bond acceptors (Lipinski definition) is 5. The van der Waals surface area contributed by atoms with Gasteiger partial charge in [-0.1, -0.05) is 0 Å². The maximum absolute atomic E-state index is 12.3. The van der Waals surface area contributed by atoms with Gasteiger partial charge in [0.2, 0.25) is 12.3 Å². The van der Waals surface area contributed by atoms with Crippen LogP contribution in [0, 0.1) is 11.3 Å². The van der Waals surface area contributed by atoms with Crippen LogP contribution in [0.15, 0.2) is 0 Å². The molecule has 1 heterocycles. The first-order chi connectivity index (χ1) is 13.7. The zero-order valence-electron chi connectivity index (χ0n) is 18.4. The summed E-state index contributed by atoms with van der Waals surface area (Å²) in [6, 6.07) is 0. The van der Waals surface area contributed by atoms with Crippen molar-refractivity contribution in [3.63, 3.8) is 0 Å². The smallest absolute Gasteiger partial charge is 0.306 e. The first kappa shape index (κ1) is 23.6. The minimum absolute atomic E-state index is 0.107. The number of amides is 2. The Morgan fingerprint density at radius 2 is 1.76 bits per heavy atom. The Kier molecular flexibility index (Phi) is 8.93. The van der Waals surface area contributed by atoms with Gasteiger partial charge in [0.05, 0.1) is 0 Å². The predicted molar refractivity (Wildman–Crippen MR) is 112 cm³/mol. The van der Waals surface area contributed by atoms with Crippen molar-refractivity contribution in [2.75, 3.05) is 32.7 Å². The Labute approximate surface area is 175 Å². The van der Waals surface area contributed by atoms with E-state index in [-0.39, 0.29) is 17.8 Å². The number of esters is 1. The number of carbonyl (C=O) groups is 3. The molecule has 7 heteroatoms. The number of piperidine rings is 1. The first-order valence-electron chi connectivity index (χ1n) is 11.1. The average molecular weight is 410 g/mol. The molecule has 1 saturated heterocycles.